The predicted octanol–water partition coefficient (Wildman–Crippen LogP) is 4.56. The first-order valence-corrected chi connectivity index (χ1v) is 14.5. The minimum atomic E-state index is -4.23. The van der Waals surface area contributed by atoms with Crippen LogP contribution in [0.2, 0.25) is 5.02 Å². The number of fused-ring (bicyclic) bond motifs is 1. The van der Waals surface area contributed by atoms with E-state index in [1.165, 1.54) is 30.3 Å². The highest BCUT2D eigenvalue weighted by atomic mass is 35.5. The van der Waals surface area contributed by atoms with Crippen LogP contribution in [0.1, 0.15) is 20.8 Å². The highest BCUT2D eigenvalue weighted by molar-refractivity contribution is 7.92. The van der Waals surface area contributed by atoms with E-state index in [0.717, 1.165) is 18.2 Å². The van der Waals surface area contributed by atoms with Crippen molar-refractivity contribution in [1.29, 1.82) is 0 Å². The normalized spacial score (nSPS) is 12.4. The summed E-state index contributed by atoms with van der Waals surface area (Å²) in [4.78, 5) is 36.0. The SMILES string of the molecule is COc1ncc(-c2ccc3ncn(C[C@@H](C)C(=O)N(C)C(C)C)c(=O)c3c2)cc1NS(=O)(=O)c1ccc(F)cc1Cl. The van der Waals surface area contributed by atoms with E-state index in [-0.39, 0.29) is 45.5 Å². The maximum atomic E-state index is 13.5. The van der Waals surface area contributed by atoms with Crippen LogP contribution >= 0.6 is 11.6 Å². The zero-order valence-corrected chi connectivity index (χ0v) is 24.6. The Balaban J connectivity index is 1.70. The molecule has 0 aliphatic rings. The summed E-state index contributed by atoms with van der Waals surface area (Å²) >= 11 is 5.98. The molecule has 0 saturated carbocycles. The van der Waals surface area contributed by atoms with Gasteiger partial charge in [0.15, 0.2) is 0 Å². The Kier molecular flexibility index (Phi) is 8.64. The maximum absolute atomic E-state index is 13.5. The molecular weight excluding hydrogens is 573 g/mol. The van der Waals surface area contributed by atoms with Crippen molar-refractivity contribution in [3.63, 3.8) is 0 Å². The predicted molar refractivity (Wildman–Crippen MR) is 155 cm³/mol. The fourth-order valence-electron chi connectivity index (χ4n) is 4.18. The molecule has 0 spiro atoms. The van der Waals surface area contributed by atoms with Crippen molar-refractivity contribution in [2.24, 2.45) is 5.92 Å². The molecule has 2 aromatic carbocycles. The summed E-state index contributed by atoms with van der Waals surface area (Å²) in [5.74, 6) is -1.21. The standard InChI is InChI=1S/C28H29ClFN5O5S/c1-16(2)34(4)27(36)17(3)14-35-15-32-23-8-6-18(10-21(23)28(35)37)19-11-24(26(40-5)31-13-19)33-41(38,39)25-9-7-20(30)12-22(25)29/h6-13,15-17,33H,14H2,1-5H3/t17-/m1/s1. The lowest BCUT2D eigenvalue weighted by Crippen LogP contribution is -2.39. The van der Waals surface area contributed by atoms with Gasteiger partial charge < -0.3 is 9.64 Å². The highest BCUT2D eigenvalue weighted by Gasteiger charge is 2.23. The molecule has 2 aromatic heterocycles. The van der Waals surface area contributed by atoms with Gasteiger partial charge in [0.05, 0.1) is 35.3 Å². The summed E-state index contributed by atoms with van der Waals surface area (Å²) in [6.45, 7) is 5.75. The van der Waals surface area contributed by atoms with Crippen molar-refractivity contribution < 1.29 is 22.3 Å². The first-order valence-electron chi connectivity index (χ1n) is 12.6. The number of hydrogen-bond acceptors (Lipinski definition) is 7. The third-order valence-corrected chi connectivity index (χ3v) is 8.49. The number of rotatable bonds is 9. The van der Waals surface area contributed by atoms with Crippen molar-refractivity contribution >= 4 is 44.1 Å². The molecule has 4 aromatic rings. The van der Waals surface area contributed by atoms with Crippen LogP contribution in [0.4, 0.5) is 10.1 Å². The maximum Gasteiger partial charge on any atom is 0.263 e. The Hall–Kier alpha value is -4.03. The Morgan fingerprint density at radius 2 is 1.85 bits per heavy atom. The monoisotopic (exact) mass is 601 g/mol. The average molecular weight is 602 g/mol. The number of hydrogen-bond donors (Lipinski definition) is 1. The Bertz CT molecular complexity index is 1790. The van der Waals surface area contributed by atoms with Crippen molar-refractivity contribution in [3.8, 4) is 17.0 Å². The van der Waals surface area contributed by atoms with E-state index in [2.05, 4.69) is 14.7 Å². The molecule has 0 aliphatic heterocycles. The number of benzene rings is 2. The number of sulfonamides is 1. The molecule has 1 atom stereocenters. The minimum Gasteiger partial charge on any atom is -0.480 e. The molecule has 0 fully saturated rings. The largest absolute Gasteiger partial charge is 0.480 e. The molecule has 41 heavy (non-hydrogen) atoms. The lowest BCUT2D eigenvalue weighted by atomic mass is 10.0. The molecule has 0 bridgehead atoms. The van der Waals surface area contributed by atoms with Gasteiger partial charge in [-0.05, 0) is 55.8 Å². The second-order valence-electron chi connectivity index (χ2n) is 9.84. The van der Waals surface area contributed by atoms with E-state index in [1.807, 2.05) is 13.8 Å². The fraction of sp³-hybridized carbons (Fsp3) is 0.286. The summed E-state index contributed by atoms with van der Waals surface area (Å²) in [6.07, 6.45) is 2.89. The fourth-order valence-corrected chi connectivity index (χ4v) is 5.76. The number of halogens is 2. The number of methoxy groups -OCH3 is 1. The summed E-state index contributed by atoms with van der Waals surface area (Å²) in [5.41, 5.74) is 1.19. The molecule has 13 heteroatoms. The third kappa shape index (κ3) is 6.33. The first-order chi connectivity index (χ1) is 19.3. The van der Waals surface area contributed by atoms with E-state index in [0.29, 0.717) is 22.0 Å². The highest BCUT2D eigenvalue weighted by Crippen LogP contribution is 2.32. The van der Waals surface area contributed by atoms with Crippen LogP contribution in [0.15, 0.2) is 64.7 Å². The third-order valence-electron chi connectivity index (χ3n) is 6.64. The van der Waals surface area contributed by atoms with Crippen LogP contribution in [0.25, 0.3) is 22.0 Å². The molecule has 1 amide bonds. The Morgan fingerprint density at radius 1 is 1.12 bits per heavy atom. The van der Waals surface area contributed by atoms with Crippen LogP contribution in [-0.4, -0.2) is 54.0 Å². The number of ether oxygens (including phenoxy) is 1. The van der Waals surface area contributed by atoms with Gasteiger partial charge in [-0.2, -0.15) is 0 Å². The second kappa shape index (κ2) is 11.8. The van der Waals surface area contributed by atoms with Gasteiger partial charge >= 0.3 is 0 Å². The summed E-state index contributed by atoms with van der Waals surface area (Å²) in [6, 6.07) is 9.50. The number of carbonyl (C=O) groups excluding carboxylic acids is 1. The van der Waals surface area contributed by atoms with E-state index in [1.54, 1.807) is 37.1 Å². The molecule has 0 saturated heterocycles. The van der Waals surface area contributed by atoms with Gasteiger partial charge in [0, 0.05) is 31.4 Å². The number of amides is 1. The lowest BCUT2D eigenvalue weighted by Gasteiger charge is -2.25. The van der Waals surface area contributed by atoms with Gasteiger partial charge in [0.2, 0.25) is 11.8 Å². The zero-order chi connectivity index (χ0) is 30.1. The molecule has 0 unspecified atom stereocenters. The quantitative estimate of drug-likeness (QED) is 0.298. The number of carbonyl (C=O) groups is 1. The van der Waals surface area contributed by atoms with E-state index in [4.69, 9.17) is 16.3 Å². The molecule has 4 rings (SSSR count). The summed E-state index contributed by atoms with van der Waals surface area (Å²) in [7, 11) is -1.17. The molecule has 0 aliphatic carbocycles. The summed E-state index contributed by atoms with van der Waals surface area (Å²) in [5, 5.41) is 0.0312. The molecule has 1 N–H and O–H groups in total. The minimum absolute atomic E-state index is 0.00890. The number of aromatic nitrogens is 3. The van der Waals surface area contributed by atoms with E-state index >= 15 is 0 Å². The molecule has 10 nitrogen and oxygen atoms in total. The van der Waals surface area contributed by atoms with Crippen molar-refractivity contribution in [2.75, 3.05) is 18.9 Å². The van der Waals surface area contributed by atoms with Gasteiger partial charge in [-0.1, -0.05) is 24.6 Å². The van der Waals surface area contributed by atoms with E-state index < -0.39 is 21.8 Å². The van der Waals surface area contributed by atoms with Crippen LogP contribution in [0, 0.1) is 11.7 Å². The second-order valence-corrected chi connectivity index (χ2v) is 11.9. The Labute approximate surface area is 241 Å². The van der Waals surface area contributed by atoms with Gasteiger partial charge in [-0.25, -0.2) is 22.8 Å². The lowest BCUT2D eigenvalue weighted by molar-refractivity contribution is -0.135. The van der Waals surface area contributed by atoms with Crippen molar-refractivity contribution in [3.05, 3.63) is 76.2 Å². The van der Waals surface area contributed by atoms with Gasteiger partial charge in [0.1, 0.15) is 16.4 Å². The van der Waals surface area contributed by atoms with Crippen molar-refractivity contribution in [1.82, 2.24) is 19.4 Å². The van der Waals surface area contributed by atoms with Crippen LogP contribution in [0.3, 0.4) is 0 Å². The smallest absolute Gasteiger partial charge is 0.263 e. The number of anilines is 1. The van der Waals surface area contributed by atoms with Crippen LogP contribution in [-0.2, 0) is 21.4 Å². The molecule has 0 radical (unpaired) electrons. The number of nitrogens with zero attached hydrogens (tertiary/aromatic N) is 4. The van der Waals surface area contributed by atoms with Crippen molar-refractivity contribution in [2.45, 2.75) is 38.3 Å². The first kappa shape index (κ1) is 29.9. The van der Waals surface area contributed by atoms with Crippen LogP contribution in [0.5, 0.6) is 5.88 Å². The molecule has 2 heterocycles. The zero-order valence-electron chi connectivity index (χ0n) is 23.1. The summed E-state index contributed by atoms with van der Waals surface area (Å²) < 4.78 is 48.6. The van der Waals surface area contributed by atoms with E-state index in [9.17, 15) is 22.4 Å². The molecular formula is C28H29ClFN5O5S. The van der Waals surface area contributed by atoms with Gasteiger partial charge in [-0.3, -0.25) is 18.9 Å². The Morgan fingerprint density at radius 3 is 2.51 bits per heavy atom. The van der Waals surface area contributed by atoms with Gasteiger partial charge in [-0.15, -0.1) is 0 Å². The molecule has 216 valence electrons. The van der Waals surface area contributed by atoms with Crippen LogP contribution < -0.4 is 15.0 Å². The topological polar surface area (TPSA) is 123 Å². The average Bonchev–Trinajstić information content (AvgIpc) is 2.93. The number of nitrogens with one attached hydrogen (secondary N) is 1. The number of pyridine rings is 1. The van der Waals surface area contributed by atoms with Gasteiger partial charge in [0.25, 0.3) is 15.6 Å².